The molecule has 7 heteroatoms. The number of rotatable bonds is 5. The number of hydrogen-bond donors (Lipinski definition) is 2. The maximum absolute atomic E-state index is 12.5. The second-order valence-electron chi connectivity index (χ2n) is 5.98. The summed E-state index contributed by atoms with van der Waals surface area (Å²) >= 11 is 0. The van der Waals surface area contributed by atoms with Gasteiger partial charge >= 0.3 is 0 Å². The van der Waals surface area contributed by atoms with Gasteiger partial charge in [-0.25, -0.2) is 8.42 Å². The summed E-state index contributed by atoms with van der Waals surface area (Å²) in [5.41, 5.74) is 1.37. The van der Waals surface area contributed by atoms with Gasteiger partial charge in [-0.05, 0) is 19.4 Å². The summed E-state index contributed by atoms with van der Waals surface area (Å²) in [7, 11) is -0.183. The number of aryl methyl sites for hydroxylation is 1. The zero-order valence-electron chi connectivity index (χ0n) is 12.5. The SMILES string of the molecule is CNCc1c(S(=O)(=O)N(C)CC(C)(C)C)n[nH]c1C. The van der Waals surface area contributed by atoms with Crippen molar-refractivity contribution in [3.05, 3.63) is 11.3 Å². The Morgan fingerprint density at radius 1 is 1.37 bits per heavy atom. The van der Waals surface area contributed by atoms with Crippen molar-refractivity contribution < 1.29 is 8.42 Å². The van der Waals surface area contributed by atoms with Crippen molar-refractivity contribution in [1.82, 2.24) is 19.8 Å². The fraction of sp³-hybridized carbons (Fsp3) is 0.750. The van der Waals surface area contributed by atoms with E-state index in [1.54, 1.807) is 14.1 Å². The van der Waals surface area contributed by atoms with Gasteiger partial charge < -0.3 is 5.32 Å². The maximum Gasteiger partial charge on any atom is 0.262 e. The first-order valence-corrected chi connectivity index (χ1v) is 7.68. The molecular formula is C12H24N4O2S. The van der Waals surface area contributed by atoms with Crippen molar-refractivity contribution in [3.63, 3.8) is 0 Å². The van der Waals surface area contributed by atoms with E-state index in [2.05, 4.69) is 15.5 Å². The molecule has 6 nitrogen and oxygen atoms in total. The second kappa shape index (κ2) is 5.60. The zero-order chi connectivity index (χ0) is 14.8. The van der Waals surface area contributed by atoms with Crippen LogP contribution in [0.5, 0.6) is 0 Å². The van der Waals surface area contributed by atoms with Gasteiger partial charge in [0.1, 0.15) is 0 Å². The monoisotopic (exact) mass is 288 g/mol. The molecule has 110 valence electrons. The lowest BCUT2D eigenvalue weighted by Gasteiger charge is -2.25. The number of hydrogen-bond acceptors (Lipinski definition) is 4. The van der Waals surface area contributed by atoms with Crippen molar-refractivity contribution in [2.75, 3.05) is 20.6 Å². The summed E-state index contributed by atoms with van der Waals surface area (Å²) in [6.45, 7) is 8.75. The number of sulfonamides is 1. The van der Waals surface area contributed by atoms with Crippen LogP contribution in [0.25, 0.3) is 0 Å². The molecule has 0 radical (unpaired) electrons. The van der Waals surface area contributed by atoms with E-state index < -0.39 is 10.0 Å². The standard InChI is InChI=1S/C12H24N4O2S/c1-9-10(7-13-5)11(15-14-9)19(17,18)16(6)8-12(2,3)4/h13H,7-8H2,1-6H3,(H,14,15). The highest BCUT2D eigenvalue weighted by atomic mass is 32.2. The fourth-order valence-corrected chi connectivity index (χ4v) is 3.48. The molecule has 0 aromatic carbocycles. The molecule has 0 spiro atoms. The lowest BCUT2D eigenvalue weighted by Crippen LogP contribution is -2.35. The molecule has 1 heterocycles. The summed E-state index contributed by atoms with van der Waals surface area (Å²) in [6, 6.07) is 0. The molecule has 0 aliphatic carbocycles. The lowest BCUT2D eigenvalue weighted by atomic mass is 9.97. The molecule has 0 bridgehead atoms. The van der Waals surface area contributed by atoms with Crippen LogP contribution in [0.15, 0.2) is 5.03 Å². The average molecular weight is 288 g/mol. The highest BCUT2D eigenvalue weighted by Gasteiger charge is 2.30. The third-order valence-corrected chi connectivity index (χ3v) is 4.52. The molecule has 19 heavy (non-hydrogen) atoms. The summed E-state index contributed by atoms with van der Waals surface area (Å²) in [5.74, 6) is 0. The molecule has 0 unspecified atom stereocenters. The molecule has 0 fully saturated rings. The molecule has 0 saturated carbocycles. The van der Waals surface area contributed by atoms with Gasteiger partial charge in [0.15, 0.2) is 5.03 Å². The van der Waals surface area contributed by atoms with Crippen molar-refractivity contribution >= 4 is 10.0 Å². The number of nitrogens with one attached hydrogen (secondary N) is 2. The van der Waals surface area contributed by atoms with Gasteiger partial charge in [-0.3, -0.25) is 5.10 Å². The van der Waals surface area contributed by atoms with E-state index >= 15 is 0 Å². The number of nitrogens with zero attached hydrogens (tertiary/aromatic N) is 2. The normalized spacial score (nSPS) is 13.2. The molecule has 0 amide bonds. The van der Waals surface area contributed by atoms with Crippen LogP contribution in [0, 0.1) is 12.3 Å². The fourth-order valence-electron chi connectivity index (χ4n) is 1.93. The Morgan fingerprint density at radius 2 is 1.95 bits per heavy atom. The van der Waals surface area contributed by atoms with E-state index in [0.717, 1.165) is 5.69 Å². The Hall–Kier alpha value is -0.920. The van der Waals surface area contributed by atoms with Crippen LogP contribution in [-0.2, 0) is 16.6 Å². The summed E-state index contributed by atoms with van der Waals surface area (Å²) < 4.78 is 26.4. The smallest absolute Gasteiger partial charge is 0.262 e. The Labute approximate surface area is 115 Å². The van der Waals surface area contributed by atoms with Crippen molar-refractivity contribution in [3.8, 4) is 0 Å². The van der Waals surface area contributed by atoms with E-state index in [0.29, 0.717) is 18.7 Å². The van der Waals surface area contributed by atoms with Crippen LogP contribution >= 0.6 is 0 Å². The van der Waals surface area contributed by atoms with Gasteiger partial charge in [-0.1, -0.05) is 20.8 Å². The van der Waals surface area contributed by atoms with Crippen LogP contribution in [0.3, 0.4) is 0 Å². The maximum atomic E-state index is 12.5. The first-order chi connectivity index (χ1) is 8.59. The summed E-state index contributed by atoms with van der Waals surface area (Å²) in [6.07, 6.45) is 0. The van der Waals surface area contributed by atoms with Crippen molar-refractivity contribution in [2.24, 2.45) is 5.41 Å². The predicted octanol–water partition coefficient (Wildman–Crippen LogP) is 1.10. The largest absolute Gasteiger partial charge is 0.316 e. The van der Waals surface area contributed by atoms with E-state index in [4.69, 9.17) is 0 Å². The summed E-state index contributed by atoms with van der Waals surface area (Å²) in [4.78, 5) is 0. The van der Waals surface area contributed by atoms with Gasteiger partial charge in [0.05, 0.1) is 0 Å². The Bertz CT molecular complexity index is 528. The van der Waals surface area contributed by atoms with Crippen molar-refractivity contribution in [2.45, 2.75) is 39.3 Å². The van der Waals surface area contributed by atoms with Gasteiger partial charge in [0.25, 0.3) is 10.0 Å². The second-order valence-corrected chi connectivity index (χ2v) is 7.94. The lowest BCUT2D eigenvalue weighted by molar-refractivity contribution is 0.310. The van der Waals surface area contributed by atoms with Gasteiger partial charge in [-0.15, -0.1) is 0 Å². The Kier molecular flexibility index (Phi) is 4.76. The Morgan fingerprint density at radius 3 is 2.42 bits per heavy atom. The number of aromatic amines is 1. The van der Waals surface area contributed by atoms with E-state index in [-0.39, 0.29) is 10.4 Å². The molecule has 1 rings (SSSR count). The minimum absolute atomic E-state index is 0.101. The molecule has 0 saturated heterocycles. The minimum Gasteiger partial charge on any atom is -0.316 e. The van der Waals surface area contributed by atoms with Gasteiger partial charge in [-0.2, -0.15) is 9.40 Å². The van der Waals surface area contributed by atoms with Crippen LogP contribution in [-0.4, -0.2) is 43.6 Å². The molecule has 0 atom stereocenters. The number of aromatic nitrogens is 2. The first-order valence-electron chi connectivity index (χ1n) is 6.24. The highest BCUT2D eigenvalue weighted by Crippen LogP contribution is 2.23. The molecular weight excluding hydrogens is 264 g/mol. The number of H-pyrrole nitrogens is 1. The Balaban J connectivity index is 3.13. The van der Waals surface area contributed by atoms with Crippen LogP contribution in [0.1, 0.15) is 32.0 Å². The minimum atomic E-state index is -3.55. The van der Waals surface area contributed by atoms with Crippen LogP contribution in [0.2, 0.25) is 0 Å². The molecule has 2 N–H and O–H groups in total. The van der Waals surface area contributed by atoms with E-state index in [1.165, 1.54) is 4.31 Å². The van der Waals surface area contributed by atoms with Gasteiger partial charge in [0, 0.05) is 31.4 Å². The van der Waals surface area contributed by atoms with Crippen LogP contribution in [0.4, 0.5) is 0 Å². The average Bonchev–Trinajstić information content (AvgIpc) is 2.59. The zero-order valence-corrected chi connectivity index (χ0v) is 13.3. The molecule has 1 aromatic rings. The topological polar surface area (TPSA) is 78.1 Å². The van der Waals surface area contributed by atoms with E-state index in [1.807, 2.05) is 27.7 Å². The van der Waals surface area contributed by atoms with Gasteiger partial charge in [0.2, 0.25) is 0 Å². The van der Waals surface area contributed by atoms with Crippen molar-refractivity contribution in [1.29, 1.82) is 0 Å². The highest BCUT2D eigenvalue weighted by molar-refractivity contribution is 7.89. The molecule has 0 aliphatic rings. The first kappa shape index (κ1) is 16.1. The van der Waals surface area contributed by atoms with Crippen LogP contribution < -0.4 is 5.32 Å². The quantitative estimate of drug-likeness (QED) is 0.850. The van der Waals surface area contributed by atoms with E-state index in [9.17, 15) is 8.42 Å². The third-order valence-electron chi connectivity index (χ3n) is 2.74. The third kappa shape index (κ3) is 3.77. The molecule has 0 aliphatic heterocycles. The summed E-state index contributed by atoms with van der Waals surface area (Å²) in [5, 5.41) is 9.80. The predicted molar refractivity (Wildman–Crippen MR) is 75.4 cm³/mol. The molecule has 1 aromatic heterocycles.